The van der Waals surface area contributed by atoms with E-state index in [1.165, 1.54) is 0 Å². The van der Waals surface area contributed by atoms with Gasteiger partial charge in [0.05, 0.1) is 23.5 Å². The van der Waals surface area contributed by atoms with E-state index in [9.17, 15) is 0 Å². The average molecular weight is 310 g/mol. The first-order valence-corrected chi connectivity index (χ1v) is 7.12. The summed E-state index contributed by atoms with van der Waals surface area (Å²) in [5.41, 5.74) is 8.32. The van der Waals surface area contributed by atoms with Crippen molar-refractivity contribution >= 4 is 11.6 Å². The van der Waals surface area contributed by atoms with E-state index in [0.717, 1.165) is 23.4 Å². The van der Waals surface area contributed by atoms with Gasteiger partial charge in [0.2, 0.25) is 0 Å². The Morgan fingerprint density at radius 2 is 2.10 bits per heavy atom. The first-order chi connectivity index (χ1) is 10.1. The van der Waals surface area contributed by atoms with Crippen LogP contribution < -0.4 is 15.2 Å². The van der Waals surface area contributed by atoms with Crippen LogP contribution in [0.2, 0.25) is 5.02 Å². The van der Waals surface area contributed by atoms with E-state index in [0.29, 0.717) is 29.7 Å². The summed E-state index contributed by atoms with van der Waals surface area (Å²) in [6.07, 6.45) is 0.809. The predicted molar refractivity (Wildman–Crippen MR) is 83.0 cm³/mol. The lowest BCUT2D eigenvalue weighted by molar-refractivity contribution is 0.275. The molecule has 0 spiro atoms. The molecule has 1 heterocycles. The minimum atomic E-state index is 0.336. The minimum absolute atomic E-state index is 0.336. The van der Waals surface area contributed by atoms with Gasteiger partial charge < -0.3 is 15.2 Å². The number of nitrogens with zero attached hydrogens (tertiary/aromatic N) is 2. The molecule has 2 N–H and O–H groups in total. The lowest BCUT2D eigenvalue weighted by Crippen LogP contribution is -2.05. The van der Waals surface area contributed by atoms with E-state index < -0.39 is 0 Å². The van der Waals surface area contributed by atoms with E-state index in [-0.39, 0.29) is 0 Å². The van der Waals surface area contributed by atoms with Gasteiger partial charge in [-0.05, 0) is 37.6 Å². The van der Waals surface area contributed by atoms with Crippen LogP contribution in [-0.2, 0) is 20.1 Å². The highest BCUT2D eigenvalue weighted by molar-refractivity contribution is 6.31. The Bertz CT molecular complexity index is 626. The van der Waals surface area contributed by atoms with Crippen molar-refractivity contribution in [3.8, 4) is 11.5 Å². The number of hydrogen-bond donors (Lipinski definition) is 1. The number of aromatic nitrogens is 2. The molecule has 2 aromatic rings. The summed E-state index contributed by atoms with van der Waals surface area (Å²) >= 11 is 6.21. The Labute approximate surface area is 129 Å². The lowest BCUT2D eigenvalue weighted by Gasteiger charge is -2.12. The Balaban J connectivity index is 2.16. The van der Waals surface area contributed by atoms with Crippen molar-refractivity contribution in [2.24, 2.45) is 12.8 Å². The van der Waals surface area contributed by atoms with Gasteiger partial charge in [0.1, 0.15) is 6.61 Å². The zero-order chi connectivity index (χ0) is 15.4. The molecule has 0 saturated heterocycles. The minimum Gasteiger partial charge on any atom is -0.493 e. The second-order valence-electron chi connectivity index (χ2n) is 4.78. The SMILES string of the molecule is COc1cc(CCN)ccc1OCc1c(Cl)c(C)nn1C. The largest absolute Gasteiger partial charge is 0.493 e. The zero-order valence-corrected chi connectivity index (χ0v) is 13.3. The van der Waals surface area contributed by atoms with Crippen LogP contribution in [0.4, 0.5) is 0 Å². The molecule has 1 aromatic carbocycles. The van der Waals surface area contributed by atoms with Gasteiger partial charge >= 0.3 is 0 Å². The maximum atomic E-state index is 6.21. The van der Waals surface area contributed by atoms with Crippen molar-refractivity contribution in [2.45, 2.75) is 20.0 Å². The topological polar surface area (TPSA) is 62.3 Å². The fourth-order valence-corrected chi connectivity index (χ4v) is 2.35. The number of benzene rings is 1. The van der Waals surface area contributed by atoms with Gasteiger partial charge in [0.25, 0.3) is 0 Å². The third-order valence-corrected chi connectivity index (χ3v) is 3.78. The highest BCUT2D eigenvalue weighted by Crippen LogP contribution is 2.30. The third-order valence-electron chi connectivity index (χ3n) is 3.29. The van der Waals surface area contributed by atoms with Gasteiger partial charge in [-0.1, -0.05) is 17.7 Å². The Kier molecular flexibility index (Phi) is 5.09. The van der Waals surface area contributed by atoms with Gasteiger partial charge in [0.15, 0.2) is 11.5 Å². The van der Waals surface area contributed by atoms with E-state index >= 15 is 0 Å². The molecule has 2 rings (SSSR count). The molecule has 21 heavy (non-hydrogen) atoms. The average Bonchev–Trinajstić information content (AvgIpc) is 2.71. The Hall–Kier alpha value is -1.72. The van der Waals surface area contributed by atoms with Crippen LogP contribution >= 0.6 is 11.6 Å². The van der Waals surface area contributed by atoms with Crippen molar-refractivity contribution in [1.29, 1.82) is 0 Å². The smallest absolute Gasteiger partial charge is 0.161 e. The molecule has 6 heteroatoms. The highest BCUT2D eigenvalue weighted by atomic mass is 35.5. The molecule has 0 atom stereocenters. The van der Waals surface area contributed by atoms with E-state index in [4.69, 9.17) is 26.8 Å². The summed E-state index contributed by atoms with van der Waals surface area (Å²) in [6, 6.07) is 5.82. The summed E-state index contributed by atoms with van der Waals surface area (Å²) < 4.78 is 12.9. The fourth-order valence-electron chi connectivity index (χ4n) is 2.14. The Morgan fingerprint density at radius 3 is 2.67 bits per heavy atom. The highest BCUT2D eigenvalue weighted by Gasteiger charge is 2.13. The summed E-state index contributed by atoms with van der Waals surface area (Å²) in [5, 5.41) is 4.90. The molecule has 0 radical (unpaired) electrons. The number of aryl methyl sites for hydroxylation is 2. The quantitative estimate of drug-likeness (QED) is 0.890. The molecule has 0 aliphatic rings. The molecule has 0 aliphatic heterocycles. The van der Waals surface area contributed by atoms with Gasteiger partial charge in [-0.2, -0.15) is 5.10 Å². The maximum absolute atomic E-state index is 6.21. The number of halogens is 1. The van der Waals surface area contributed by atoms with Gasteiger partial charge in [-0.3, -0.25) is 4.68 Å². The molecule has 114 valence electrons. The van der Waals surface area contributed by atoms with Gasteiger partial charge in [0, 0.05) is 7.05 Å². The van der Waals surface area contributed by atoms with Crippen LogP contribution in [0, 0.1) is 6.92 Å². The number of ether oxygens (including phenoxy) is 2. The number of nitrogens with two attached hydrogens (primary N) is 1. The first kappa shape index (κ1) is 15.7. The van der Waals surface area contributed by atoms with Crippen LogP contribution in [0.25, 0.3) is 0 Å². The monoisotopic (exact) mass is 309 g/mol. The number of hydrogen-bond acceptors (Lipinski definition) is 4. The second-order valence-corrected chi connectivity index (χ2v) is 5.16. The summed E-state index contributed by atoms with van der Waals surface area (Å²) in [6.45, 7) is 2.81. The van der Waals surface area contributed by atoms with E-state index in [1.807, 2.05) is 32.2 Å². The summed E-state index contributed by atoms with van der Waals surface area (Å²) in [7, 11) is 3.47. The molecular formula is C15H20ClN3O2. The fraction of sp³-hybridized carbons (Fsp3) is 0.400. The van der Waals surface area contributed by atoms with Crippen molar-refractivity contribution in [3.05, 3.63) is 40.2 Å². The predicted octanol–water partition coefficient (Wildman–Crippen LogP) is 2.47. The van der Waals surface area contributed by atoms with Crippen molar-refractivity contribution in [2.75, 3.05) is 13.7 Å². The second kappa shape index (κ2) is 6.83. The molecule has 0 unspecified atom stereocenters. The first-order valence-electron chi connectivity index (χ1n) is 6.74. The molecule has 0 fully saturated rings. The van der Waals surface area contributed by atoms with Crippen LogP contribution in [0.3, 0.4) is 0 Å². The standard InChI is InChI=1S/C15H20ClN3O2/c1-10-15(16)12(19(2)18-10)9-21-13-5-4-11(6-7-17)8-14(13)20-3/h4-5,8H,6-7,9,17H2,1-3H3. The van der Waals surface area contributed by atoms with Crippen molar-refractivity contribution in [1.82, 2.24) is 9.78 Å². The molecule has 0 amide bonds. The zero-order valence-electron chi connectivity index (χ0n) is 12.5. The van der Waals surface area contributed by atoms with Gasteiger partial charge in [-0.15, -0.1) is 0 Å². The number of methoxy groups -OCH3 is 1. The van der Waals surface area contributed by atoms with Crippen LogP contribution in [0.1, 0.15) is 17.0 Å². The third kappa shape index (κ3) is 3.49. The molecule has 1 aromatic heterocycles. The molecule has 0 aliphatic carbocycles. The van der Waals surface area contributed by atoms with Gasteiger partial charge in [-0.25, -0.2) is 0 Å². The molecule has 0 bridgehead atoms. The van der Waals surface area contributed by atoms with Crippen LogP contribution in [0.15, 0.2) is 18.2 Å². The Morgan fingerprint density at radius 1 is 1.33 bits per heavy atom. The van der Waals surface area contributed by atoms with Crippen molar-refractivity contribution in [3.63, 3.8) is 0 Å². The van der Waals surface area contributed by atoms with Crippen molar-refractivity contribution < 1.29 is 9.47 Å². The molecule has 5 nitrogen and oxygen atoms in total. The summed E-state index contributed by atoms with van der Waals surface area (Å²) in [4.78, 5) is 0. The normalized spacial score (nSPS) is 10.7. The van der Waals surface area contributed by atoms with E-state index in [2.05, 4.69) is 5.10 Å². The van der Waals surface area contributed by atoms with Crippen LogP contribution in [0.5, 0.6) is 11.5 Å². The van der Waals surface area contributed by atoms with Crippen LogP contribution in [-0.4, -0.2) is 23.4 Å². The summed E-state index contributed by atoms with van der Waals surface area (Å²) in [5.74, 6) is 1.36. The molecular weight excluding hydrogens is 290 g/mol. The number of rotatable bonds is 6. The molecule has 0 saturated carbocycles. The maximum Gasteiger partial charge on any atom is 0.161 e. The lowest BCUT2D eigenvalue weighted by atomic mass is 10.1. The van der Waals surface area contributed by atoms with E-state index in [1.54, 1.807) is 11.8 Å².